The second kappa shape index (κ2) is 13.5. The van der Waals surface area contributed by atoms with Gasteiger partial charge in [0.15, 0.2) is 5.96 Å². The molecule has 154 valence electrons. The molecule has 2 rings (SSSR count). The summed E-state index contributed by atoms with van der Waals surface area (Å²) in [5.74, 6) is 3.04. The lowest BCUT2D eigenvalue weighted by Crippen LogP contribution is -2.43. The highest BCUT2D eigenvalue weighted by Gasteiger charge is 2.29. The van der Waals surface area contributed by atoms with Crippen LogP contribution >= 0.6 is 35.7 Å². The third kappa shape index (κ3) is 9.38. The Balaban J connectivity index is 0.00000364. The molecule has 1 aromatic carbocycles. The monoisotopic (exact) mass is 507 g/mol. The minimum atomic E-state index is 0. The van der Waals surface area contributed by atoms with E-state index in [1.807, 2.05) is 12.1 Å². The molecule has 1 fully saturated rings. The maximum atomic E-state index is 5.77. The number of ether oxygens (including phenoxy) is 2. The summed E-state index contributed by atoms with van der Waals surface area (Å²) in [6, 6.07) is 8.16. The summed E-state index contributed by atoms with van der Waals surface area (Å²) in [5.41, 5.74) is 1.15. The van der Waals surface area contributed by atoms with E-state index >= 15 is 0 Å². The summed E-state index contributed by atoms with van der Waals surface area (Å²) >= 11 is 2.06. The Morgan fingerprint density at radius 1 is 1.30 bits per heavy atom. The van der Waals surface area contributed by atoms with E-state index in [2.05, 4.69) is 48.4 Å². The highest BCUT2D eigenvalue weighted by Crippen LogP contribution is 2.36. The normalized spacial score (nSPS) is 19.4. The van der Waals surface area contributed by atoms with Gasteiger partial charge in [-0.25, -0.2) is 4.99 Å². The first-order valence-corrected chi connectivity index (χ1v) is 10.5. The van der Waals surface area contributed by atoms with Gasteiger partial charge in [0.25, 0.3) is 0 Å². The molecule has 1 heterocycles. The standard InChI is InChI=1S/C20H33N3O2S.HI/c1-4-21-19(23-16-20(2)10-6-13-26-20)22-15-17-8-5-9-18(14-17)25-12-7-11-24-3;/h5,8-9,14H,4,6-7,10-13,15-16H2,1-3H3,(H2,21,22,23);1H. The van der Waals surface area contributed by atoms with Crippen molar-refractivity contribution in [3.05, 3.63) is 29.8 Å². The number of benzene rings is 1. The van der Waals surface area contributed by atoms with Crippen LogP contribution in [0.15, 0.2) is 29.3 Å². The van der Waals surface area contributed by atoms with E-state index < -0.39 is 0 Å². The highest BCUT2D eigenvalue weighted by atomic mass is 127. The van der Waals surface area contributed by atoms with Crippen LogP contribution in [0.3, 0.4) is 0 Å². The van der Waals surface area contributed by atoms with Crippen molar-refractivity contribution >= 4 is 41.7 Å². The van der Waals surface area contributed by atoms with E-state index in [9.17, 15) is 0 Å². The zero-order valence-electron chi connectivity index (χ0n) is 16.8. The summed E-state index contributed by atoms with van der Waals surface area (Å²) in [5, 5.41) is 6.85. The molecule has 0 spiro atoms. The third-order valence-corrected chi connectivity index (χ3v) is 5.89. The minimum Gasteiger partial charge on any atom is -0.493 e. The van der Waals surface area contributed by atoms with E-state index in [1.54, 1.807) is 7.11 Å². The average Bonchev–Trinajstić information content (AvgIpc) is 3.08. The average molecular weight is 507 g/mol. The van der Waals surface area contributed by atoms with E-state index in [4.69, 9.17) is 14.5 Å². The predicted molar refractivity (Wildman–Crippen MR) is 127 cm³/mol. The fraction of sp³-hybridized carbons (Fsp3) is 0.650. The molecule has 1 aliphatic rings. The van der Waals surface area contributed by atoms with E-state index in [0.717, 1.165) is 43.4 Å². The summed E-state index contributed by atoms with van der Waals surface area (Å²) < 4.78 is 11.1. The van der Waals surface area contributed by atoms with Crippen LogP contribution in [-0.4, -0.2) is 49.9 Å². The molecule has 0 aromatic heterocycles. The molecule has 2 N–H and O–H groups in total. The summed E-state index contributed by atoms with van der Waals surface area (Å²) in [6.45, 7) is 8.27. The van der Waals surface area contributed by atoms with Crippen molar-refractivity contribution in [3.63, 3.8) is 0 Å². The number of rotatable bonds is 10. The summed E-state index contributed by atoms with van der Waals surface area (Å²) in [7, 11) is 1.71. The van der Waals surface area contributed by atoms with Gasteiger partial charge in [-0.05, 0) is 50.1 Å². The number of nitrogens with zero attached hydrogens (tertiary/aromatic N) is 1. The van der Waals surface area contributed by atoms with Crippen molar-refractivity contribution in [3.8, 4) is 5.75 Å². The molecule has 1 atom stereocenters. The van der Waals surface area contributed by atoms with Gasteiger partial charge in [0.05, 0.1) is 13.2 Å². The highest BCUT2D eigenvalue weighted by molar-refractivity contribution is 14.0. The number of hydrogen-bond donors (Lipinski definition) is 2. The van der Waals surface area contributed by atoms with Crippen LogP contribution in [0, 0.1) is 0 Å². The lowest BCUT2D eigenvalue weighted by Gasteiger charge is -2.24. The van der Waals surface area contributed by atoms with Crippen LogP contribution in [0.1, 0.15) is 38.7 Å². The molecule has 0 bridgehead atoms. The van der Waals surface area contributed by atoms with Crippen LogP contribution in [-0.2, 0) is 11.3 Å². The summed E-state index contributed by atoms with van der Waals surface area (Å²) in [4.78, 5) is 4.74. The Kier molecular flexibility index (Phi) is 12.2. The maximum Gasteiger partial charge on any atom is 0.191 e. The molecule has 1 aromatic rings. The predicted octanol–water partition coefficient (Wildman–Crippen LogP) is 4.06. The Morgan fingerprint density at radius 3 is 2.85 bits per heavy atom. The number of nitrogens with one attached hydrogen (secondary N) is 2. The molecule has 27 heavy (non-hydrogen) atoms. The number of guanidine groups is 1. The Labute approximate surface area is 185 Å². The van der Waals surface area contributed by atoms with Crippen molar-refractivity contribution in [2.24, 2.45) is 4.99 Å². The number of halogens is 1. The minimum absolute atomic E-state index is 0. The molecular weight excluding hydrogens is 473 g/mol. The maximum absolute atomic E-state index is 5.77. The Morgan fingerprint density at radius 2 is 2.15 bits per heavy atom. The largest absolute Gasteiger partial charge is 0.493 e. The Bertz CT molecular complexity index is 566. The molecule has 1 saturated heterocycles. The van der Waals surface area contributed by atoms with Crippen molar-refractivity contribution in [2.45, 2.75) is 44.4 Å². The summed E-state index contributed by atoms with van der Waals surface area (Å²) in [6.07, 6.45) is 3.48. The van der Waals surface area contributed by atoms with E-state index in [1.165, 1.54) is 18.6 Å². The first-order chi connectivity index (χ1) is 12.6. The molecule has 0 saturated carbocycles. The number of hydrogen-bond acceptors (Lipinski definition) is 4. The number of methoxy groups -OCH3 is 1. The molecule has 0 radical (unpaired) electrons. The van der Waals surface area contributed by atoms with Crippen molar-refractivity contribution in [1.29, 1.82) is 0 Å². The van der Waals surface area contributed by atoms with Crippen molar-refractivity contribution < 1.29 is 9.47 Å². The van der Waals surface area contributed by atoms with Crippen molar-refractivity contribution in [2.75, 3.05) is 39.2 Å². The lowest BCUT2D eigenvalue weighted by molar-refractivity contribution is 0.172. The second-order valence-corrected chi connectivity index (χ2v) is 8.48. The fourth-order valence-corrected chi connectivity index (χ4v) is 4.13. The molecular formula is C20H34IN3O2S. The van der Waals surface area contributed by atoms with Gasteiger partial charge >= 0.3 is 0 Å². The first kappa shape index (κ1) is 24.4. The SMILES string of the molecule is CCNC(=NCc1cccc(OCCCOC)c1)NCC1(C)CCCS1.I. The van der Waals surface area contributed by atoms with Gasteiger partial charge in [0, 0.05) is 38.0 Å². The van der Waals surface area contributed by atoms with Gasteiger partial charge in [-0.15, -0.1) is 24.0 Å². The van der Waals surface area contributed by atoms with E-state index in [-0.39, 0.29) is 24.0 Å². The molecule has 1 unspecified atom stereocenters. The lowest BCUT2D eigenvalue weighted by atomic mass is 10.1. The van der Waals surface area contributed by atoms with Crippen molar-refractivity contribution in [1.82, 2.24) is 10.6 Å². The zero-order valence-corrected chi connectivity index (χ0v) is 19.9. The van der Waals surface area contributed by atoms with Crippen LogP contribution < -0.4 is 15.4 Å². The second-order valence-electron chi connectivity index (χ2n) is 6.79. The van der Waals surface area contributed by atoms with Crippen LogP contribution in [0.5, 0.6) is 5.75 Å². The van der Waals surface area contributed by atoms with Crippen LogP contribution in [0.4, 0.5) is 0 Å². The van der Waals surface area contributed by atoms with Crippen LogP contribution in [0.25, 0.3) is 0 Å². The number of aliphatic imine (C=N–C) groups is 1. The number of thioether (sulfide) groups is 1. The Hall–Kier alpha value is -0.670. The first-order valence-electron chi connectivity index (χ1n) is 9.52. The van der Waals surface area contributed by atoms with Gasteiger partial charge in [-0.1, -0.05) is 12.1 Å². The quantitative estimate of drug-likeness (QED) is 0.217. The van der Waals surface area contributed by atoms with Gasteiger partial charge in [-0.2, -0.15) is 11.8 Å². The topological polar surface area (TPSA) is 54.9 Å². The smallest absolute Gasteiger partial charge is 0.191 e. The molecule has 5 nitrogen and oxygen atoms in total. The van der Waals surface area contributed by atoms with Gasteiger partial charge in [0.2, 0.25) is 0 Å². The molecule has 0 amide bonds. The fourth-order valence-electron chi connectivity index (χ4n) is 2.89. The third-order valence-electron chi connectivity index (χ3n) is 4.35. The van der Waals surface area contributed by atoms with E-state index in [0.29, 0.717) is 17.9 Å². The van der Waals surface area contributed by atoms with Crippen LogP contribution in [0.2, 0.25) is 0 Å². The molecule has 0 aliphatic carbocycles. The van der Waals surface area contributed by atoms with Gasteiger partial charge in [0.1, 0.15) is 5.75 Å². The molecule has 7 heteroatoms. The molecule has 1 aliphatic heterocycles. The zero-order chi connectivity index (χ0) is 18.7. The van der Waals surface area contributed by atoms with Gasteiger partial charge < -0.3 is 20.1 Å². The van der Waals surface area contributed by atoms with Gasteiger partial charge in [-0.3, -0.25) is 0 Å².